The normalized spacial score (nSPS) is 14.2. The predicted molar refractivity (Wildman–Crippen MR) is 97.0 cm³/mol. The first-order chi connectivity index (χ1) is 11.9. The van der Waals surface area contributed by atoms with Crippen LogP contribution in [0.25, 0.3) is 0 Å². The summed E-state index contributed by atoms with van der Waals surface area (Å²) in [5.74, 6) is 1.58. The lowest BCUT2D eigenvalue weighted by atomic mass is 10.1. The molecule has 0 bridgehead atoms. The lowest BCUT2D eigenvalue weighted by molar-refractivity contribution is -0.134. The molecule has 0 spiro atoms. The van der Waals surface area contributed by atoms with E-state index >= 15 is 0 Å². The molecule has 1 aliphatic heterocycles. The van der Waals surface area contributed by atoms with Gasteiger partial charge in [-0.05, 0) is 56.2 Å². The molecular weight excluding hydrogens is 316 g/mol. The zero-order valence-corrected chi connectivity index (χ0v) is 15.2. The van der Waals surface area contributed by atoms with Crippen molar-refractivity contribution in [1.82, 2.24) is 15.1 Å². The van der Waals surface area contributed by atoms with Crippen LogP contribution in [-0.2, 0) is 4.79 Å². The summed E-state index contributed by atoms with van der Waals surface area (Å²) in [7, 11) is 1.83. The van der Waals surface area contributed by atoms with Crippen LogP contribution in [0.3, 0.4) is 0 Å². The van der Waals surface area contributed by atoms with E-state index in [0.717, 1.165) is 41.5 Å². The first-order valence-electron chi connectivity index (χ1n) is 8.44. The van der Waals surface area contributed by atoms with Crippen LogP contribution in [0.5, 0.6) is 5.75 Å². The van der Waals surface area contributed by atoms with Crippen molar-refractivity contribution in [1.29, 1.82) is 0 Å². The molecule has 1 aromatic carbocycles. The van der Waals surface area contributed by atoms with Gasteiger partial charge < -0.3 is 14.5 Å². The van der Waals surface area contributed by atoms with E-state index in [1.807, 2.05) is 52.1 Å². The third-order valence-electron chi connectivity index (χ3n) is 4.47. The number of carbonyl (C=O) groups excluding carboxylic acids is 1. The number of aromatic nitrogens is 2. The van der Waals surface area contributed by atoms with E-state index in [4.69, 9.17) is 4.74 Å². The number of benzene rings is 1. The van der Waals surface area contributed by atoms with Crippen molar-refractivity contribution in [3.05, 3.63) is 47.2 Å². The van der Waals surface area contributed by atoms with Gasteiger partial charge in [0.1, 0.15) is 5.75 Å². The van der Waals surface area contributed by atoms with Gasteiger partial charge >= 0.3 is 0 Å². The third kappa shape index (κ3) is 4.07. The first-order valence-corrected chi connectivity index (χ1v) is 8.44. The van der Waals surface area contributed by atoms with E-state index in [1.54, 1.807) is 4.90 Å². The molecule has 6 heteroatoms. The summed E-state index contributed by atoms with van der Waals surface area (Å²) in [5.41, 5.74) is 3.16. The van der Waals surface area contributed by atoms with Crippen LogP contribution in [0.1, 0.15) is 16.8 Å². The highest BCUT2D eigenvalue weighted by molar-refractivity contribution is 5.78. The number of ether oxygens (including phenoxy) is 1. The molecule has 0 N–H and O–H groups in total. The van der Waals surface area contributed by atoms with Crippen LogP contribution in [0.4, 0.5) is 5.82 Å². The molecule has 0 unspecified atom stereocenters. The predicted octanol–water partition coefficient (Wildman–Crippen LogP) is 2.13. The number of likely N-dealkylation sites (N-methyl/N-ethyl adjacent to an activating group) is 1. The Kier molecular flexibility index (Phi) is 4.88. The van der Waals surface area contributed by atoms with Gasteiger partial charge in [-0.15, -0.1) is 5.10 Å². The van der Waals surface area contributed by atoms with Gasteiger partial charge in [0, 0.05) is 20.1 Å². The highest BCUT2D eigenvalue weighted by atomic mass is 16.5. The highest BCUT2D eigenvalue weighted by Crippen LogP contribution is 2.21. The SMILES string of the molecule is Cc1cc(C)cc(OCC(=O)N(C)C2CN(c3ccc(C)nn3)C2)c1. The number of rotatable bonds is 5. The fourth-order valence-electron chi connectivity index (χ4n) is 2.91. The number of nitrogens with zero attached hydrogens (tertiary/aromatic N) is 4. The van der Waals surface area contributed by atoms with Crippen LogP contribution in [0, 0.1) is 20.8 Å². The summed E-state index contributed by atoms with van der Waals surface area (Å²) in [6.07, 6.45) is 0. The molecule has 1 aliphatic rings. The number of amides is 1. The lowest BCUT2D eigenvalue weighted by Crippen LogP contribution is -2.60. The second-order valence-corrected chi connectivity index (χ2v) is 6.71. The lowest BCUT2D eigenvalue weighted by Gasteiger charge is -2.44. The largest absolute Gasteiger partial charge is 0.484 e. The van der Waals surface area contributed by atoms with E-state index in [1.165, 1.54) is 0 Å². The Bertz CT molecular complexity index is 734. The van der Waals surface area contributed by atoms with Crippen molar-refractivity contribution in [3.63, 3.8) is 0 Å². The number of hydrogen-bond acceptors (Lipinski definition) is 5. The smallest absolute Gasteiger partial charge is 0.260 e. The van der Waals surface area contributed by atoms with Crippen molar-refractivity contribution in [3.8, 4) is 5.75 Å². The van der Waals surface area contributed by atoms with Crippen molar-refractivity contribution in [2.24, 2.45) is 0 Å². The minimum absolute atomic E-state index is 0.0150. The minimum Gasteiger partial charge on any atom is -0.484 e. The Morgan fingerprint density at radius 3 is 2.44 bits per heavy atom. The van der Waals surface area contributed by atoms with Crippen LogP contribution in [-0.4, -0.2) is 53.8 Å². The summed E-state index contributed by atoms with van der Waals surface area (Å²) in [5, 5.41) is 8.25. The maximum Gasteiger partial charge on any atom is 0.260 e. The van der Waals surface area contributed by atoms with Gasteiger partial charge in [0.15, 0.2) is 12.4 Å². The average molecular weight is 340 g/mol. The van der Waals surface area contributed by atoms with E-state index in [9.17, 15) is 4.79 Å². The van der Waals surface area contributed by atoms with Gasteiger partial charge in [-0.2, -0.15) is 5.10 Å². The average Bonchev–Trinajstić information content (AvgIpc) is 2.52. The molecule has 1 saturated heterocycles. The van der Waals surface area contributed by atoms with Gasteiger partial charge in [0.05, 0.1) is 11.7 Å². The maximum atomic E-state index is 12.4. The molecule has 6 nitrogen and oxygen atoms in total. The van der Waals surface area contributed by atoms with E-state index in [2.05, 4.69) is 21.2 Å². The molecular formula is C19H24N4O2. The molecule has 2 heterocycles. The molecule has 0 aliphatic carbocycles. The Morgan fingerprint density at radius 2 is 1.84 bits per heavy atom. The Hall–Kier alpha value is -2.63. The monoisotopic (exact) mass is 340 g/mol. The third-order valence-corrected chi connectivity index (χ3v) is 4.47. The summed E-state index contributed by atoms with van der Waals surface area (Å²) in [6.45, 7) is 7.54. The fourth-order valence-corrected chi connectivity index (χ4v) is 2.91. The van der Waals surface area contributed by atoms with E-state index < -0.39 is 0 Å². The zero-order chi connectivity index (χ0) is 18.0. The number of hydrogen-bond donors (Lipinski definition) is 0. The molecule has 0 radical (unpaired) electrons. The first kappa shape index (κ1) is 17.2. The van der Waals surface area contributed by atoms with Gasteiger partial charge in [-0.25, -0.2) is 0 Å². The Labute approximate surface area is 148 Å². The molecule has 1 aromatic heterocycles. The summed E-state index contributed by atoms with van der Waals surface area (Å²) < 4.78 is 5.67. The second-order valence-electron chi connectivity index (χ2n) is 6.71. The zero-order valence-electron chi connectivity index (χ0n) is 15.2. The van der Waals surface area contributed by atoms with Crippen LogP contribution in [0.2, 0.25) is 0 Å². The summed E-state index contributed by atoms with van der Waals surface area (Å²) in [6, 6.07) is 10.1. The Balaban J connectivity index is 1.49. The number of carbonyl (C=O) groups is 1. The molecule has 0 atom stereocenters. The summed E-state index contributed by atoms with van der Waals surface area (Å²) in [4.78, 5) is 16.2. The quantitative estimate of drug-likeness (QED) is 0.834. The van der Waals surface area contributed by atoms with Crippen LogP contribution >= 0.6 is 0 Å². The molecule has 132 valence electrons. The minimum atomic E-state index is -0.0150. The molecule has 3 rings (SSSR count). The van der Waals surface area contributed by atoms with Crippen molar-refractivity contribution in [2.45, 2.75) is 26.8 Å². The van der Waals surface area contributed by atoms with Gasteiger partial charge in [0.2, 0.25) is 0 Å². The van der Waals surface area contributed by atoms with Crippen molar-refractivity contribution < 1.29 is 9.53 Å². The molecule has 1 amide bonds. The topological polar surface area (TPSA) is 58.6 Å². The molecule has 2 aromatic rings. The van der Waals surface area contributed by atoms with E-state index in [-0.39, 0.29) is 18.6 Å². The van der Waals surface area contributed by atoms with Gasteiger partial charge in [-0.1, -0.05) is 6.07 Å². The fraction of sp³-hybridized carbons (Fsp3) is 0.421. The van der Waals surface area contributed by atoms with Gasteiger partial charge in [-0.3, -0.25) is 4.79 Å². The van der Waals surface area contributed by atoms with Gasteiger partial charge in [0.25, 0.3) is 5.91 Å². The Morgan fingerprint density at radius 1 is 1.16 bits per heavy atom. The summed E-state index contributed by atoms with van der Waals surface area (Å²) >= 11 is 0. The number of anilines is 1. The molecule has 1 fully saturated rings. The van der Waals surface area contributed by atoms with Crippen LogP contribution < -0.4 is 9.64 Å². The van der Waals surface area contributed by atoms with Crippen LogP contribution in [0.15, 0.2) is 30.3 Å². The standard InChI is InChI=1S/C19H24N4O2/c1-13-7-14(2)9-17(8-13)25-12-19(24)22(4)16-10-23(11-16)18-6-5-15(3)20-21-18/h5-9,16H,10-12H2,1-4H3. The highest BCUT2D eigenvalue weighted by Gasteiger charge is 2.33. The van der Waals surface area contributed by atoms with E-state index in [0.29, 0.717) is 0 Å². The maximum absolute atomic E-state index is 12.4. The number of aryl methyl sites for hydroxylation is 3. The molecule has 25 heavy (non-hydrogen) atoms. The molecule has 0 saturated carbocycles. The second kappa shape index (κ2) is 7.09. The van der Waals surface area contributed by atoms with Crippen molar-refractivity contribution >= 4 is 11.7 Å². The van der Waals surface area contributed by atoms with Crippen molar-refractivity contribution in [2.75, 3.05) is 31.6 Å².